The molecule has 0 aliphatic rings. The third-order valence-corrected chi connectivity index (χ3v) is 1.74. The molecule has 0 unspecified atom stereocenters. The topological polar surface area (TPSA) is 30.5 Å². The van der Waals surface area contributed by atoms with Crippen LogP contribution >= 0.6 is 0 Å². The van der Waals surface area contributed by atoms with E-state index in [4.69, 9.17) is 9.57 Å². The lowest BCUT2D eigenvalue weighted by molar-refractivity contribution is 0.0463. The van der Waals surface area contributed by atoms with E-state index in [0.717, 1.165) is 5.56 Å². The molecule has 0 heterocycles. The average molecular weight is 199 g/mol. The second-order valence-electron chi connectivity index (χ2n) is 2.72. The first-order valence-corrected chi connectivity index (χ1v) is 4.45. The highest BCUT2D eigenvalue weighted by Gasteiger charge is 2.02. The quantitative estimate of drug-likeness (QED) is 0.580. The van der Waals surface area contributed by atoms with Crippen molar-refractivity contribution in [2.75, 3.05) is 13.7 Å². The fraction of sp³-hybridized carbons (Fsp3) is 0.400. The van der Waals surface area contributed by atoms with Crippen LogP contribution in [0.5, 0.6) is 5.75 Å². The summed E-state index contributed by atoms with van der Waals surface area (Å²) in [5, 5.41) is 0. The maximum atomic E-state index is 13.2. The van der Waals surface area contributed by atoms with Crippen molar-refractivity contribution in [3.63, 3.8) is 0 Å². The predicted molar refractivity (Wildman–Crippen MR) is 51.4 cm³/mol. The van der Waals surface area contributed by atoms with Crippen LogP contribution in [0.3, 0.4) is 0 Å². The normalized spacial score (nSPS) is 10.2. The van der Waals surface area contributed by atoms with E-state index in [0.29, 0.717) is 13.2 Å². The molecule has 0 saturated heterocycles. The van der Waals surface area contributed by atoms with Crippen LogP contribution in [0.25, 0.3) is 0 Å². The van der Waals surface area contributed by atoms with E-state index in [1.54, 1.807) is 12.1 Å². The molecule has 0 fully saturated rings. The molecule has 1 N–H and O–H groups in total. The Bertz CT molecular complexity index is 291. The zero-order valence-electron chi connectivity index (χ0n) is 8.34. The Hall–Kier alpha value is -1.13. The Morgan fingerprint density at radius 1 is 1.43 bits per heavy atom. The molecule has 0 spiro atoms. The van der Waals surface area contributed by atoms with Crippen molar-refractivity contribution in [3.05, 3.63) is 29.6 Å². The molecule has 0 atom stereocenters. The van der Waals surface area contributed by atoms with Gasteiger partial charge < -0.3 is 9.57 Å². The number of nitrogens with one attached hydrogen (secondary N) is 1. The largest absolute Gasteiger partial charge is 0.494 e. The van der Waals surface area contributed by atoms with Gasteiger partial charge in [-0.3, -0.25) is 0 Å². The zero-order chi connectivity index (χ0) is 10.4. The number of rotatable bonds is 5. The van der Waals surface area contributed by atoms with Crippen LogP contribution in [0, 0.1) is 5.82 Å². The van der Waals surface area contributed by atoms with E-state index in [9.17, 15) is 4.39 Å². The van der Waals surface area contributed by atoms with Crippen molar-refractivity contribution in [3.8, 4) is 5.75 Å². The summed E-state index contributed by atoms with van der Waals surface area (Å²) in [5.41, 5.74) is 3.52. The molecule has 0 aliphatic heterocycles. The Kier molecular flexibility index (Phi) is 4.35. The minimum atomic E-state index is -0.358. The molecule has 0 aromatic heterocycles. The standard InChI is InChI=1S/C10H14FNO2/c1-3-14-12-7-8-4-5-10(13-2)9(11)6-8/h4-6,12H,3,7H2,1-2H3. The van der Waals surface area contributed by atoms with E-state index >= 15 is 0 Å². The van der Waals surface area contributed by atoms with Crippen LogP contribution in [0.15, 0.2) is 18.2 Å². The van der Waals surface area contributed by atoms with Gasteiger partial charge in [-0.05, 0) is 24.6 Å². The van der Waals surface area contributed by atoms with Gasteiger partial charge in [0.05, 0.1) is 13.7 Å². The number of hydrogen-bond donors (Lipinski definition) is 1. The highest BCUT2D eigenvalue weighted by atomic mass is 19.1. The second-order valence-corrected chi connectivity index (χ2v) is 2.72. The summed E-state index contributed by atoms with van der Waals surface area (Å²) in [7, 11) is 1.44. The van der Waals surface area contributed by atoms with Gasteiger partial charge in [-0.15, -0.1) is 0 Å². The van der Waals surface area contributed by atoms with E-state index in [2.05, 4.69) is 5.48 Å². The number of hydroxylamine groups is 1. The molecule has 4 heteroatoms. The van der Waals surface area contributed by atoms with Crippen molar-refractivity contribution >= 4 is 0 Å². The maximum Gasteiger partial charge on any atom is 0.165 e. The molecule has 0 radical (unpaired) electrons. The average Bonchev–Trinajstić information content (AvgIpc) is 2.18. The molecule has 14 heavy (non-hydrogen) atoms. The van der Waals surface area contributed by atoms with Crippen molar-refractivity contribution in [1.82, 2.24) is 5.48 Å². The lowest BCUT2D eigenvalue weighted by Gasteiger charge is -2.06. The van der Waals surface area contributed by atoms with E-state index in [-0.39, 0.29) is 11.6 Å². The number of hydrogen-bond acceptors (Lipinski definition) is 3. The highest BCUT2D eigenvalue weighted by molar-refractivity contribution is 5.29. The summed E-state index contributed by atoms with van der Waals surface area (Å²) in [4.78, 5) is 4.93. The molecule has 0 saturated carbocycles. The van der Waals surface area contributed by atoms with Gasteiger partial charge in [0, 0.05) is 6.54 Å². The molecule has 0 aliphatic carbocycles. The summed E-state index contributed by atoms with van der Waals surface area (Å²) in [6.45, 7) is 2.94. The third-order valence-electron chi connectivity index (χ3n) is 1.74. The predicted octanol–water partition coefficient (Wildman–Crippen LogP) is 1.88. The molecule has 1 aromatic rings. The molecule has 1 rings (SSSR count). The second kappa shape index (κ2) is 5.57. The molecule has 1 aromatic carbocycles. The Morgan fingerprint density at radius 3 is 2.79 bits per heavy atom. The van der Waals surface area contributed by atoms with E-state index in [1.165, 1.54) is 13.2 Å². The van der Waals surface area contributed by atoms with Crippen LogP contribution in [-0.2, 0) is 11.4 Å². The van der Waals surface area contributed by atoms with Crippen molar-refractivity contribution in [2.24, 2.45) is 0 Å². The zero-order valence-corrected chi connectivity index (χ0v) is 8.34. The maximum absolute atomic E-state index is 13.2. The van der Waals surface area contributed by atoms with Crippen molar-refractivity contribution in [1.29, 1.82) is 0 Å². The van der Waals surface area contributed by atoms with Gasteiger partial charge in [0.15, 0.2) is 11.6 Å². The van der Waals surface area contributed by atoms with Gasteiger partial charge in [0.1, 0.15) is 0 Å². The monoisotopic (exact) mass is 199 g/mol. The molecule has 3 nitrogen and oxygen atoms in total. The Balaban J connectivity index is 2.57. The number of benzene rings is 1. The first kappa shape index (κ1) is 10.9. The Labute approximate surface area is 82.8 Å². The van der Waals surface area contributed by atoms with Gasteiger partial charge in [0.25, 0.3) is 0 Å². The van der Waals surface area contributed by atoms with Gasteiger partial charge >= 0.3 is 0 Å². The van der Waals surface area contributed by atoms with Gasteiger partial charge in [0.2, 0.25) is 0 Å². The minimum Gasteiger partial charge on any atom is -0.494 e. The third kappa shape index (κ3) is 2.97. The van der Waals surface area contributed by atoms with Crippen molar-refractivity contribution in [2.45, 2.75) is 13.5 Å². The molecule has 0 amide bonds. The summed E-state index contributed by atoms with van der Waals surface area (Å²) in [6.07, 6.45) is 0. The first-order chi connectivity index (χ1) is 6.77. The van der Waals surface area contributed by atoms with Gasteiger partial charge in [-0.25, -0.2) is 4.39 Å². The molecular weight excluding hydrogens is 185 g/mol. The number of ether oxygens (including phenoxy) is 1. The van der Waals surface area contributed by atoms with Crippen molar-refractivity contribution < 1.29 is 14.0 Å². The molecule has 78 valence electrons. The summed E-state index contributed by atoms with van der Waals surface area (Å²) < 4.78 is 18.0. The van der Waals surface area contributed by atoms with Crippen LogP contribution in [0.4, 0.5) is 4.39 Å². The fourth-order valence-corrected chi connectivity index (χ4v) is 1.06. The van der Waals surface area contributed by atoms with Crippen LogP contribution < -0.4 is 10.2 Å². The summed E-state index contributed by atoms with van der Waals surface area (Å²) in [6, 6.07) is 4.80. The van der Waals surface area contributed by atoms with Gasteiger partial charge in [-0.1, -0.05) is 6.07 Å². The molecule has 0 bridgehead atoms. The number of halogens is 1. The highest BCUT2D eigenvalue weighted by Crippen LogP contribution is 2.17. The number of methoxy groups -OCH3 is 1. The van der Waals surface area contributed by atoms with Gasteiger partial charge in [-0.2, -0.15) is 5.48 Å². The first-order valence-electron chi connectivity index (χ1n) is 4.45. The van der Waals surface area contributed by atoms with E-state index in [1.807, 2.05) is 6.92 Å². The fourth-order valence-electron chi connectivity index (χ4n) is 1.06. The smallest absolute Gasteiger partial charge is 0.165 e. The lowest BCUT2D eigenvalue weighted by atomic mass is 10.2. The lowest BCUT2D eigenvalue weighted by Crippen LogP contribution is -2.13. The van der Waals surface area contributed by atoms with Crippen LogP contribution in [-0.4, -0.2) is 13.7 Å². The Morgan fingerprint density at radius 2 is 2.21 bits per heavy atom. The SMILES string of the molecule is CCONCc1ccc(OC)c(F)c1. The molecular formula is C10H14FNO2. The summed E-state index contributed by atoms with van der Waals surface area (Å²) in [5.74, 6) is -0.103. The van der Waals surface area contributed by atoms with Crippen LogP contribution in [0.1, 0.15) is 12.5 Å². The summed E-state index contributed by atoms with van der Waals surface area (Å²) >= 11 is 0. The minimum absolute atomic E-state index is 0.255. The van der Waals surface area contributed by atoms with Crippen LogP contribution in [0.2, 0.25) is 0 Å². The van der Waals surface area contributed by atoms with E-state index < -0.39 is 0 Å².